The number of anilines is 1. The molecule has 0 aromatic carbocycles. The molecular weight excluding hydrogens is 312 g/mol. The molecule has 4 rings (SSSR count). The van der Waals surface area contributed by atoms with Gasteiger partial charge in [-0.1, -0.05) is 13.8 Å². The molecule has 0 spiro atoms. The highest BCUT2D eigenvalue weighted by Gasteiger charge is 2.61. The van der Waals surface area contributed by atoms with Crippen molar-refractivity contribution < 1.29 is 14.4 Å². The predicted molar refractivity (Wildman–Crippen MR) is 87.2 cm³/mol. The number of thiophene rings is 1. The van der Waals surface area contributed by atoms with Gasteiger partial charge in [0.15, 0.2) is 0 Å². The lowest BCUT2D eigenvalue weighted by molar-refractivity contribution is -0.123. The second kappa shape index (κ2) is 4.90. The van der Waals surface area contributed by atoms with Gasteiger partial charge in [-0.05, 0) is 43.1 Å². The Balaban J connectivity index is 1.78. The Kier molecular flexibility index (Phi) is 3.17. The summed E-state index contributed by atoms with van der Waals surface area (Å²) in [7, 11) is 0. The molecule has 6 heteroatoms. The second-order valence-electron chi connectivity index (χ2n) is 7.28. The first-order valence-electron chi connectivity index (χ1n) is 8.21. The number of hydrogen-bond acceptors (Lipinski definition) is 4. The van der Waals surface area contributed by atoms with Crippen LogP contribution in [0.4, 0.5) is 5.00 Å². The molecule has 1 aromatic heterocycles. The molecule has 122 valence electrons. The monoisotopic (exact) mass is 332 g/mol. The van der Waals surface area contributed by atoms with Gasteiger partial charge < -0.3 is 5.73 Å². The minimum Gasteiger partial charge on any atom is -0.366 e. The molecule has 1 aliphatic heterocycles. The van der Waals surface area contributed by atoms with Crippen LogP contribution < -0.4 is 10.6 Å². The zero-order valence-corrected chi connectivity index (χ0v) is 14.1. The minimum atomic E-state index is -0.580. The van der Waals surface area contributed by atoms with Gasteiger partial charge in [0.25, 0.3) is 5.91 Å². The summed E-state index contributed by atoms with van der Waals surface area (Å²) in [6, 6.07) is 1.73. The van der Waals surface area contributed by atoms with Crippen LogP contribution in [0.2, 0.25) is 0 Å². The first kappa shape index (κ1) is 14.9. The van der Waals surface area contributed by atoms with Crippen molar-refractivity contribution in [3.63, 3.8) is 0 Å². The van der Waals surface area contributed by atoms with Gasteiger partial charge in [-0.15, -0.1) is 11.3 Å². The van der Waals surface area contributed by atoms with Crippen LogP contribution in [0.25, 0.3) is 0 Å². The van der Waals surface area contributed by atoms with Crippen molar-refractivity contribution in [1.82, 2.24) is 0 Å². The van der Waals surface area contributed by atoms with Crippen LogP contribution in [0, 0.1) is 23.7 Å². The Hall–Kier alpha value is -1.69. The standard InChI is InChI=1S/C17H20N2O3S/c1-7(2)11-6-10(14(18)20)17(23-11)19-15(21)12-8-3-4-9(5-8)13(12)16(19)22/h6-9,12-13H,3-5H2,1-2H3,(H2,18,20)/t8-,9-,12-,13+/m0/s1. The average Bonchev–Trinajstić information content (AvgIpc) is 3.21. The molecule has 0 radical (unpaired) electrons. The van der Waals surface area contributed by atoms with Crippen LogP contribution >= 0.6 is 11.3 Å². The maximum Gasteiger partial charge on any atom is 0.251 e. The molecule has 0 unspecified atom stereocenters. The Morgan fingerprint density at radius 1 is 1.22 bits per heavy atom. The summed E-state index contributed by atoms with van der Waals surface area (Å²) >= 11 is 1.35. The molecule has 3 fully saturated rings. The number of fused-ring (bicyclic) bond motifs is 5. The zero-order chi connectivity index (χ0) is 16.5. The first-order valence-corrected chi connectivity index (χ1v) is 9.03. The molecule has 2 bridgehead atoms. The fourth-order valence-corrected chi connectivity index (χ4v) is 5.81. The summed E-state index contributed by atoms with van der Waals surface area (Å²) < 4.78 is 0. The van der Waals surface area contributed by atoms with Crippen LogP contribution in [0.15, 0.2) is 6.07 Å². The predicted octanol–water partition coefficient (Wildman–Crippen LogP) is 2.51. The van der Waals surface area contributed by atoms with Gasteiger partial charge in [0.1, 0.15) is 5.00 Å². The summed E-state index contributed by atoms with van der Waals surface area (Å²) in [5.74, 6) is -0.267. The van der Waals surface area contributed by atoms with Gasteiger partial charge in [0.2, 0.25) is 11.8 Å². The number of hydrogen-bond donors (Lipinski definition) is 1. The summed E-state index contributed by atoms with van der Waals surface area (Å²) in [5.41, 5.74) is 5.79. The third kappa shape index (κ3) is 1.94. The van der Waals surface area contributed by atoms with E-state index in [2.05, 4.69) is 0 Å². The van der Waals surface area contributed by atoms with E-state index in [-0.39, 0.29) is 29.6 Å². The van der Waals surface area contributed by atoms with Crippen molar-refractivity contribution in [3.8, 4) is 0 Å². The quantitative estimate of drug-likeness (QED) is 0.864. The Morgan fingerprint density at radius 2 is 1.78 bits per heavy atom. The second-order valence-corrected chi connectivity index (χ2v) is 8.35. The van der Waals surface area contributed by atoms with Crippen LogP contribution in [0.5, 0.6) is 0 Å². The van der Waals surface area contributed by atoms with Crippen LogP contribution in [-0.4, -0.2) is 17.7 Å². The van der Waals surface area contributed by atoms with Gasteiger partial charge in [-0.3, -0.25) is 14.4 Å². The van der Waals surface area contributed by atoms with E-state index >= 15 is 0 Å². The maximum absolute atomic E-state index is 12.9. The third-order valence-electron chi connectivity index (χ3n) is 5.70. The topological polar surface area (TPSA) is 80.5 Å². The number of nitrogens with zero attached hydrogens (tertiary/aromatic N) is 1. The van der Waals surface area contributed by atoms with E-state index in [0.717, 1.165) is 24.1 Å². The van der Waals surface area contributed by atoms with Crippen LogP contribution in [-0.2, 0) is 9.59 Å². The first-order chi connectivity index (χ1) is 10.9. The molecule has 3 aliphatic rings. The summed E-state index contributed by atoms with van der Waals surface area (Å²) in [6.45, 7) is 4.03. The summed E-state index contributed by atoms with van der Waals surface area (Å²) in [4.78, 5) is 39.8. The number of nitrogens with two attached hydrogens (primary N) is 1. The van der Waals surface area contributed by atoms with Crippen molar-refractivity contribution in [2.75, 3.05) is 4.90 Å². The van der Waals surface area contributed by atoms with Gasteiger partial charge >= 0.3 is 0 Å². The normalized spacial score (nSPS) is 32.2. The highest BCUT2D eigenvalue weighted by molar-refractivity contribution is 7.17. The zero-order valence-electron chi connectivity index (χ0n) is 13.2. The van der Waals surface area contributed by atoms with Gasteiger partial charge in [0.05, 0.1) is 17.4 Å². The van der Waals surface area contributed by atoms with Crippen LogP contribution in [0.3, 0.4) is 0 Å². The van der Waals surface area contributed by atoms with Crippen molar-refractivity contribution in [1.29, 1.82) is 0 Å². The lowest BCUT2D eigenvalue weighted by Gasteiger charge is -2.19. The van der Waals surface area contributed by atoms with Crippen LogP contribution in [0.1, 0.15) is 54.3 Å². The number of amides is 3. The number of imide groups is 1. The van der Waals surface area contributed by atoms with E-state index in [9.17, 15) is 14.4 Å². The van der Waals surface area contributed by atoms with Crippen molar-refractivity contribution >= 4 is 34.1 Å². The van der Waals surface area contributed by atoms with Crippen molar-refractivity contribution in [3.05, 3.63) is 16.5 Å². The molecule has 4 atom stereocenters. The Bertz CT molecular complexity index is 695. The van der Waals surface area contributed by atoms with E-state index in [0.29, 0.717) is 22.4 Å². The molecule has 2 N–H and O–H groups in total. The highest BCUT2D eigenvalue weighted by atomic mass is 32.1. The van der Waals surface area contributed by atoms with E-state index in [1.807, 2.05) is 13.8 Å². The minimum absolute atomic E-state index is 0.119. The fourth-order valence-electron chi connectivity index (χ4n) is 4.64. The Labute approximate surface area is 138 Å². The average molecular weight is 332 g/mol. The maximum atomic E-state index is 12.9. The molecule has 2 aliphatic carbocycles. The summed E-state index contributed by atoms with van der Waals surface area (Å²) in [5, 5.41) is 0.435. The summed E-state index contributed by atoms with van der Waals surface area (Å²) in [6.07, 6.45) is 3.09. The molecule has 1 saturated heterocycles. The van der Waals surface area contributed by atoms with Crippen molar-refractivity contribution in [2.24, 2.45) is 29.4 Å². The molecule has 5 nitrogen and oxygen atoms in total. The Morgan fingerprint density at radius 3 is 2.26 bits per heavy atom. The third-order valence-corrected chi connectivity index (χ3v) is 7.12. The van der Waals surface area contributed by atoms with E-state index in [1.165, 1.54) is 16.2 Å². The molecule has 1 aromatic rings. The molecule has 23 heavy (non-hydrogen) atoms. The molecule has 2 saturated carbocycles. The number of carbonyl (C=O) groups is 3. The lowest BCUT2D eigenvalue weighted by Crippen LogP contribution is -2.33. The van der Waals surface area contributed by atoms with E-state index in [4.69, 9.17) is 5.73 Å². The van der Waals surface area contributed by atoms with Gasteiger partial charge in [0, 0.05) is 4.88 Å². The SMILES string of the molecule is CC(C)c1cc(C(N)=O)c(N2C(=O)[C@@H]3[C@H]4CC[C@@H](C4)[C@@H]3C2=O)s1. The smallest absolute Gasteiger partial charge is 0.251 e. The van der Waals surface area contributed by atoms with Crippen molar-refractivity contribution in [2.45, 2.75) is 39.0 Å². The number of primary amides is 1. The molecular formula is C17H20N2O3S. The number of rotatable bonds is 3. The van der Waals surface area contributed by atoms with E-state index < -0.39 is 5.91 Å². The van der Waals surface area contributed by atoms with E-state index in [1.54, 1.807) is 6.07 Å². The fraction of sp³-hybridized carbons (Fsp3) is 0.588. The highest BCUT2D eigenvalue weighted by Crippen LogP contribution is 2.57. The van der Waals surface area contributed by atoms with Gasteiger partial charge in [-0.2, -0.15) is 0 Å². The largest absolute Gasteiger partial charge is 0.366 e. The van der Waals surface area contributed by atoms with Gasteiger partial charge in [-0.25, -0.2) is 4.90 Å². The lowest BCUT2D eigenvalue weighted by atomic mass is 9.81. The number of carbonyl (C=O) groups excluding carboxylic acids is 3. The molecule has 3 amide bonds. The molecule has 2 heterocycles.